The minimum atomic E-state index is 0.542. The predicted molar refractivity (Wildman–Crippen MR) is 61.0 cm³/mol. The lowest BCUT2D eigenvalue weighted by Gasteiger charge is -2.04. The van der Waals surface area contributed by atoms with E-state index in [1.165, 1.54) is 0 Å². The van der Waals surface area contributed by atoms with E-state index in [2.05, 4.69) is 25.9 Å². The van der Waals surface area contributed by atoms with Crippen LogP contribution < -0.4 is 4.74 Å². The lowest BCUT2D eigenvalue weighted by Crippen LogP contribution is -1.93. The summed E-state index contributed by atoms with van der Waals surface area (Å²) >= 11 is 3.30. The molecule has 0 atom stereocenters. The Kier molecular flexibility index (Phi) is 2.97. The molecule has 0 spiro atoms. The van der Waals surface area contributed by atoms with Gasteiger partial charge < -0.3 is 4.74 Å². The van der Waals surface area contributed by atoms with Crippen LogP contribution in [0.3, 0.4) is 0 Å². The fourth-order valence-electron chi connectivity index (χ4n) is 1.17. The topological polar surface area (TPSA) is 35.0 Å². The number of benzene rings is 1. The normalized spacial score (nSPS) is 10.0. The van der Waals surface area contributed by atoms with Crippen LogP contribution in [-0.4, -0.2) is 9.97 Å². The second-order valence-electron chi connectivity index (χ2n) is 2.99. The third-order valence-electron chi connectivity index (χ3n) is 1.75. The van der Waals surface area contributed by atoms with Gasteiger partial charge in [-0.25, -0.2) is 4.98 Å². The van der Waals surface area contributed by atoms with Crippen LogP contribution in [0, 0.1) is 6.92 Å². The van der Waals surface area contributed by atoms with E-state index in [0.717, 1.165) is 10.4 Å². The molecule has 76 valence electrons. The summed E-state index contributed by atoms with van der Waals surface area (Å²) in [6.45, 7) is 1.82. The van der Waals surface area contributed by atoms with Crippen molar-refractivity contribution < 1.29 is 4.74 Å². The molecular formula is C11H9BrN2O. The number of aryl methyl sites for hydroxylation is 1. The Morgan fingerprint density at radius 3 is 2.53 bits per heavy atom. The van der Waals surface area contributed by atoms with Crippen molar-refractivity contribution in [2.75, 3.05) is 0 Å². The van der Waals surface area contributed by atoms with Crippen LogP contribution in [0.1, 0.15) is 5.82 Å². The van der Waals surface area contributed by atoms with Gasteiger partial charge in [-0.15, -0.1) is 0 Å². The smallest absolute Gasteiger partial charge is 0.223 e. The van der Waals surface area contributed by atoms with Crippen LogP contribution in [0.25, 0.3) is 0 Å². The first-order chi connectivity index (χ1) is 7.24. The molecule has 0 radical (unpaired) electrons. The van der Waals surface area contributed by atoms with Gasteiger partial charge in [0.15, 0.2) is 0 Å². The third kappa shape index (κ3) is 2.76. The van der Waals surface area contributed by atoms with Crippen molar-refractivity contribution >= 4 is 15.9 Å². The summed E-state index contributed by atoms with van der Waals surface area (Å²) < 4.78 is 6.28. The van der Waals surface area contributed by atoms with Crippen molar-refractivity contribution in [3.8, 4) is 11.6 Å². The molecule has 0 fully saturated rings. The Labute approximate surface area is 96.3 Å². The molecule has 2 aromatic rings. The summed E-state index contributed by atoms with van der Waals surface area (Å²) in [5.74, 6) is 1.98. The highest BCUT2D eigenvalue weighted by atomic mass is 79.9. The van der Waals surface area contributed by atoms with Gasteiger partial charge >= 0.3 is 0 Å². The van der Waals surface area contributed by atoms with Gasteiger partial charge in [-0.3, -0.25) is 0 Å². The largest absolute Gasteiger partial charge is 0.439 e. The molecule has 1 aromatic heterocycles. The van der Waals surface area contributed by atoms with Crippen molar-refractivity contribution in [1.29, 1.82) is 0 Å². The molecule has 0 N–H and O–H groups in total. The van der Waals surface area contributed by atoms with Gasteiger partial charge in [0.2, 0.25) is 5.88 Å². The van der Waals surface area contributed by atoms with Gasteiger partial charge in [-0.2, -0.15) is 4.98 Å². The second kappa shape index (κ2) is 4.40. The van der Waals surface area contributed by atoms with E-state index < -0.39 is 0 Å². The van der Waals surface area contributed by atoms with Crippen LogP contribution in [0.5, 0.6) is 11.6 Å². The van der Waals surface area contributed by atoms with Crippen molar-refractivity contribution in [2.24, 2.45) is 0 Å². The molecule has 0 aliphatic carbocycles. The van der Waals surface area contributed by atoms with E-state index in [0.29, 0.717) is 11.7 Å². The first-order valence-electron chi connectivity index (χ1n) is 4.48. The molecule has 1 heterocycles. The van der Waals surface area contributed by atoms with Crippen LogP contribution in [0.4, 0.5) is 0 Å². The van der Waals surface area contributed by atoms with E-state index in [-0.39, 0.29) is 0 Å². The summed E-state index contributed by atoms with van der Waals surface area (Å²) in [6.07, 6.45) is 0. The summed E-state index contributed by atoms with van der Waals surface area (Å²) in [6, 6.07) is 11.3. The Hall–Kier alpha value is -1.42. The van der Waals surface area contributed by atoms with Crippen molar-refractivity contribution in [3.63, 3.8) is 0 Å². The van der Waals surface area contributed by atoms with Crippen LogP contribution in [0.15, 0.2) is 41.0 Å². The highest BCUT2D eigenvalue weighted by molar-refractivity contribution is 9.10. The molecular weight excluding hydrogens is 256 g/mol. The molecule has 3 nitrogen and oxygen atoms in total. The van der Waals surface area contributed by atoms with Crippen molar-refractivity contribution in [1.82, 2.24) is 9.97 Å². The van der Waals surface area contributed by atoms with E-state index >= 15 is 0 Å². The monoisotopic (exact) mass is 264 g/mol. The first kappa shape index (κ1) is 10.1. The third-order valence-corrected chi connectivity index (χ3v) is 2.16. The van der Waals surface area contributed by atoms with Gasteiger partial charge in [-0.1, -0.05) is 18.2 Å². The average Bonchev–Trinajstić information content (AvgIpc) is 2.17. The van der Waals surface area contributed by atoms with Crippen molar-refractivity contribution in [2.45, 2.75) is 6.92 Å². The lowest BCUT2D eigenvalue weighted by molar-refractivity contribution is 0.459. The highest BCUT2D eigenvalue weighted by Crippen LogP contribution is 2.21. The molecule has 0 unspecified atom stereocenters. The second-order valence-corrected chi connectivity index (χ2v) is 3.80. The van der Waals surface area contributed by atoms with Gasteiger partial charge in [0, 0.05) is 6.07 Å². The zero-order chi connectivity index (χ0) is 10.7. The number of ether oxygens (including phenoxy) is 1. The summed E-state index contributed by atoms with van der Waals surface area (Å²) in [4.78, 5) is 8.27. The molecule has 0 saturated carbocycles. The van der Waals surface area contributed by atoms with Crippen LogP contribution in [-0.2, 0) is 0 Å². The first-order valence-corrected chi connectivity index (χ1v) is 5.27. The highest BCUT2D eigenvalue weighted by Gasteiger charge is 2.01. The SMILES string of the molecule is Cc1nc(Br)cc(Oc2ccccc2)n1. The molecule has 0 aliphatic rings. The van der Waals surface area contributed by atoms with E-state index in [1.54, 1.807) is 6.07 Å². The van der Waals surface area contributed by atoms with Crippen LogP contribution >= 0.6 is 15.9 Å². The summed E-state index contributed by atoms with van der Waals surface area (Å²) in [5, 5.41) is 0. The Balaban J connectivity index is 2.25. The number of hydrogen-bond acceptors (Lipinski definition) is 3. The minimum absolute atomic E-state index is 0.542. The molecule has 4 heteroatoms. The Bertz CT molecular complexity index is 439. The van der Waals surface area contributed by atoms with Gasteiger partial charge in [0.1, 0.15) is 16.2 Å². The number of halogens is 1. The number of para-hydroxylation sites is 1. The molecule has 2 rings (SSSR count). The molecule has 15 heavy (non-hydrogen) atoms. The maximum Gasteiger partial charge on any atom is 0.223 e. The molecule has 0 amide bonds. The zero-order valence-corrected chi connectivity index (χ0v) is 9.73. The number of aromatic nitrogens is 2. The Morgan fingerprint density at radius 1 is 1.13 bits per heavy atom. The van der Waals surface area contributed by atoms with Gasteiger partial charge in [-0.05, 0) is 35.0 Å². The molecule has 1 aromatic carbocycles. The number of hydrogen-bond donors (Lipinski definition) is 0. The minimum Gasteiger partial charge on any atom is -0.439 e. The predicted octanol–water partition coefficient (Wildman–Crippen LogP) is 3.34. The van der Waals surface area contributed by atoms with Gasteiger partial charge in [0.05, 0.1) is 0 Å². The summed E-state index contributed by atoms with van der Waals surface area (Å²) in [5.41, 5.74) is 0. The van der Waals surface area contributed by atoms with E-state index in [4.69, 9.17) is 4.74 Å². The standard InChI is InChI=1S/C11H9BrN2O/c1-8-13-10(12)7-11(14-8)15-9-5-3-2-4-6-9/h2-7H,1H3. The molecule has 0 bridgehead atoms. The molecule has 0 aliphatic heterocycles. The quantitative estimate of drug-likeness (QED) is 0.781. The van der Waals surface area contributed by atoms with Crippen molar-refractivity contribution in [3.05, 3.63) is 46.8 Å². The summed E-state index contributed by atoms with van der Waals surface area (Å²) in [7, 11) is 0. The van der Waals surface area contributed by atoms with Gasteiger partial charge in [0.25, 0.3) is 0 Å². The zero-order valence-electron chi connectivity index (χ0n) is 8.14. The fraction of sp³-hybridized carbons (Fsp3) is 0.0909. The number of nitrogens with zero attached hydrogens (tertiary/aromatic N) is 2. The number of rotatable bonds is 2. The molecule has 0 saturated heterocycles. The maximum atomic E-state index is 5.56. The fourth-order valence-corrected chi connectivity index (χ4v) is 1.62. The van der Waals surface area contributed by atoms with E-state index in [1.807, 2.05) is 37.3 Å². The Morgan fingerprint density at radius 2 is 1.87 bits per heavy atom. The maximum absolute atomic E-state index is 5.56. The average molecular weight is 265 g/mol. The lowest BCUT2D eigenvalue weighted by atomic mass is 10.3. The van der Waals surface area contributed by atoms with E-state index in [9.17, 15) is 0 Å². The van der Waals surface area contributed by atoms with Crippen LogP contribution in [0.2, 0.25) is 0 Å².